The number of hydrogen-bond donors (Lipinski definition) is 0. The summed E-state index contributed by atoms with van der Waals surface area (Å²) in [6.45, 7) is 0. The molecular weight excluding hydrogens is 246 g/mol. The molecule has 0 aliphatic carbocycles. The molecule has 0 fully saturated rings. The minimum absolute atomic E-state index is 0.00533. The molecule has 1 aromatic heterocycles. The van der Waals surface area contributed by atoms with E-state index in [-0.39, 0.29) is 5.69 Å². The number of aromatic nitrogens is 1. The highest BCUT2D eigenvalue weighted by atomic mass is 79.9. The molecule has 76 valence electrons. The van der Waals surface area contributed by atoms with Gasteiger partial charge in [-0.3, -0.25) is 4.98 Å². The van der Waals surface area contributed by atoms with Crippen molar-refractivity contribution in [1.29, 1.82) is 0 Å². The Hall–Kier alpha value is -0.900. The highest BCUT2D eigenvalue weighted by Crippen LogP contribution is 2.05. The molecule has 0 bridgehead atoms. The van der Waals surface area contributed by atoms with Crippen LogP contribution in [0, 0.1) is 0 Å². The molecule has 4 heteroatoms. The highest BCUT2D eigenvalue weighted by Gasteiger charge is 1.96. The third-order valence-corrected chi connectivity index (χ3v) is 2.44. The van der Waals surface area contributed by atoms with Gasteiger partial charge in [-0.25, -0.2) is 0 Å². The van der Waals surface area contributed by atoms with Crippen molar-refractivity contribution in [3.05, 3.63) is 29.6 Å². The first-order chi connectivity index (χ1) is 6.74. The number of aryl methyl sites for hydroxylation is 1. The normalized spacial score (nSPS) is 10.1. The minimum atomic E-state index is -1.22. The number of pyridine rings is 1. The second kappa shape index (κ2) is 5.75. The monoisotopic (exact) mass is 256 g/mol. The van der Waals surface area contributed by atoms with Crippen LogP contribution < -0.4 is 5.11 Å². The van der Waals surface area contributed by atoms with Crippen LogP contribution in [-0.2, 0) is 6.42 Å². The molecule has 1 heterocycles. The van der Waals surface area contributed by atoms with Crippen LogP contribution in [0.4, 0.5) is 0 Å². The lowest BCUT2D eigenvalue weighted by molar-refractivity contribution is -0.255. The number of unbranched alkanes of at least 4 members (excludes halogenated alkanes) is 1. The fraction of sp³-hybridized carbons (Fsp3) is 0.400. The Morgan fingerprint density at radius 3 is 2.71 bits per heavy atom. The average molecular weight is 257 g/mol. The van der Waals surface area contributed by atoms with E-state index in [1.807, 2.05) is 0 Å². The van der Waals surface area contributed by atoms with E-state index in [0.717, 1.165) is 30.2 Å². The maximum Gasteiger partial charge on any atom is 0.0899 e. The first-order valence-electron chi connectivity index (χ1n) is 4.46. The summed E-state index contributed by atoms with van der Waals surface area (Å²) in [5.41, 5.74) is 1.06. The molecule has 1 rings (SSSR count). The van der Waals surface area contributed by atoms with Crippen LogP contribution in [0.2, 0.25) is 0 Å². The van der Waals surface area contributed by atoms with Gasteiger partial charge in [0.25, 0.3) is 0 Å². The summed E-state index contributed by atoms with van der Waals surface area (Å²) in [4.78, 5) is 14.2. The number of aromatic carboxylic acids is 1. The van der Waals surface area contributed by atoms with Crippen LogP contribution in [0.1, 0.15) is 28.9 Å². The van der Waals surface area contributed by atoms with Crippen molar-refractivity contribution in [2.45, 2.75) is 19.3 Å². The predicted molar refractivity (Wildman–Crippen MR) is 55.3 cm³/mol. The summed E-state index contributed by atoms with van der Waals surface area (Å²) in [5.74, 6) is -1.22. The van der Waals surface area contributed by atoms with Crippen LogP contribution in [0.5, 0.6) is 0 Å². The average Bonchev–Trinajstić information content (AvgIpc) is 2.19. The lowest BCUT2D eigenvalue weighted by atomic mass is 10.1. The summed E-state index contributed by atoms with van der Waals surface area (Å²) in [6.07, 6.45) is 4.73. The van der Waals surface area contributed by atoms with Gasteiger partial charge in [0.05, 0.1) is 11.7 Å². The molecular formula is C10H11BrNO2-. The van der Waals surface area contributed by atoms with Gasteiger partial charge >= 0.3 is 0 Å². The number of hydrogen-bond acceptors (Lipinski definition) is 3. The topological polar surface area (TPSA) is 53.0 Å². The van der Waals surface area contributed by atoms with Crippen molar-refractivity contribution in [1.82, 2.24) is 4.98 Å². The Balaban J connectivity index is 2.51. The molecule has 0 amide bonds. The molecule has 0 radical (unpaired) electrons. The zero-order valence-electron chi connectivity index (χ0n) is 7.70. The zero-order chi connectivity index (χ0) is 10.4. The van der Waals surface area contributed by atoms with Gasteiger partial charge in [0, 0.05) is 11.5 Å². The molecule has 0 spiro atoms. The van der Waals surface area contributed by atoms with E-state index in [4.69, 9.17) is 0 Å². The Labute approximate surface area is 91.3 Å². The fourth-order valence-corrected chi connectivity index (χ4v) is 1.51. The lowest BCUT2D eigenvalue weighted by Gasteiger charge is -2.03. The largest absolute Gasteiger partial charge is 0.543 e. The number of carbonyl (C=O) groups excluding carboxylic acids is 1. The number of halogens is 1. The van der Waals surface area contributed by atoms with E-state index in [0.29, 0.717) is 0 Å². The van der Waals surface area contributed by atoms with Crippen LogP contribution in [0.3, 0.4) is 0 Å². The molecule has 0 aliphatic heterocycles. The summed E-state index contributed by atoms with van der Waals surface area (Å²) in [5, 5.41) is 11.4. The predicted octanol–water partition coefficient (Wildman–Crippen LogP) is 1.16. The number of alkyl halides is 1. The van der Waals surface area contributed by atoms with Gasteiger partial charge in [0.2, 0.25) is 0 Å². The van der Waals surface area contributed by atoms with Gasteiger partial charge in [0.1, 0.15) is 0 Å². The van der Waals surface area contributed by atoms with E-state index >= 15 is 0 Å². The van der Waals surface area contributed by atoms with E-state index < -0.39 is 5.97 Å². The first kappa shape index (κ1) is 11.2. The van der Waals surface area contributed by atoms with Crippen LogP contribution in [0.15, 0.2) is 18.3 Å². The van der Waals surface area contributed by atoms with Crippen molar-refractivity contribution >= 4 is 21.9 Å². The Bertz CT molecular complexity index is 297. The molecule has 0 atom stereocenters. The second-order valence-corrected chi connectivity index (χ2v) is 3.78. The van der Waals surface area contributed by atoms with Crippen LogP contribution in [-0.4, -0.2) is 16.3 Å². The maximum absolute atomic E-state index is 10.4. The van der Waals surface area contributed by atoms with Crippen LogP contribution in [0.25, 0.3) is 0 Å². The third-order valence-electron chi connectivity index (χ3n) is 1.88. The first-order valence-corrected chi connectivity index (χ1v) is 5.58. The van der Waals surface area contributed by atoms with E-state index in [9.17, 15) is 9.90 Å². The number of nitrogens with zero attached hydrogens (tertiary/aromatic N) is 1. The fourth-order valence-electron chi connectivity index (χ4n) is 1.12. The molecule has 0 aromatic carbocycles. The quantitative estimate of drug-likeness (QED) is 0.587. The molecule has 0 aliphatic rings. The van der Waals surface area contributed by atoms with Gasteiger partial charge in [-0.2, -0.15) is 0 Å². The number of carboxylic acid groups (broad SMARTS) is 1. The Kier molecular flexibility index (Phi) is 4.59. The van der Waals surface area contributed by atoms with Crippen molar-refractivity contribution in [3.8, 4) is 0 Å². The molecule has 0 saturated heterocycles. The van der Waals surface area contributed by atoms with E-state index in [1.165, 1.54) is 6.07 Å². The number of carbonyl (C=O) groups is 1. The standard InChI is InChI=1S/C10H12BrNO2/c11-6-2-1-3-8-4-5-9(10(13)14)12-7-8/h4-5,7H,1-3,6H2,(H,13,14)/p-1. The number of rotatable bonds is 5. The van der Waals surface area contributed by atoms with E-state index in [2.05, 4.69) is 20.9 Å². The second-order valence-electron chi connectivity index (χ2n) is 2.99. The van der Waals surface area contributed by atoms with Gasteiger partial charge in [0.15, 0.2) is 0 Å². The van der Waals surface area contributed by atoms with Crippen molar-refractivity contribution in [2.24, 2.45) is 0 Å². The lowest BCUT2D eigenvalue weighted by Crippen LogP contribution is -2.23. The Morgan fingerprint density at radius 2 is 2.21 bits per heavy atom. The van der Waals surface area contributed by atoms with Gasteiger partial charge in [-0.15, -0.1) is 0 Å². The van der Waals surface area contributed by atoms with Crippen molar-refractivity contribution in [2.75, 3.05) is 5.33 Å². The summed E-state index contributed by atoms with van der Waals surface area (Å²) >= 11 is 3.35. The Morgan fingerprint density at radius 1 is 1.43 bits per heavy atom. The van der Waals surface area contributed by atoms with Crippen LogP contribution >= 0.6 is 15.9 Å². The van der Waals surface area contributed by atoms with Crippen molar-refractivity contribution in [3.63, 3.8) is 0 Å². The molecule has 3 nitrogen and oxygen atoms in total. The van der Waals surface area contributed by atoms with Crippen molar-refractivity contribution < 1.29 is 9.90 Å². The minimum Gasteiger partial charge on any atom is -0.543 e. The molecule has 1 aromatic rings. The molecule has 14 heavy (non-hydrogen) atoms. The molecule has 0 saturated carbocycles. The third kappa shape index (κ3) is 3.46. The summed E-state index contributed by atoms with van der Waals surface area (Å²) in [7, 11) is 0. The SMILES string of the molecule is O=C([O-])c1ccc(CCCCBr)cn1. The van der Waals surface area contributed by atoms with Gasteiger partial charge in [-0.05, 0) is 30.9 Å². The molecule has 0 N–H and O–H groups in total. The molecule has 0 unspecified atom stereocenters. The highest BCUT2D eigenvalue weighted by molar-refractivity contribution is 9.09. The number of carboxylic acids is 1. The zero-order valence-corrected chi connectivity index (χ0v) is 9.29. The smallest absolute Gasteiger partial charge is 0.0899 e. The van der Waals surface area contributed by atoms with Gasteiger partial charge < -0.3 is 9.90 Å². The summed E-state index contributed by atoms with van der Waals surface area (Å²) < 4.78 is 0. The van der Waals surface area contributed by atoms with Gasteiger partial charge in [-0.1, -0.05) is 22.0 Å². The summed E-state index contributed by atoms with van der Waals surface area (Å²) in [6, 6.07) is 3.27. The van der Waals surface area contributed by atoms with E-state index in [1.54, 1.807) is 12.3 Å². The maximum atomic E-state index is 10.4.